The minimum absolute atomic E-state index is 0. The Bertz CT molecular complexity index is 1010. The van der Waals surface area contributed by atoms with Gasteiger partial charge < -0.3 is 14.7 Å². The number of ether oxygens (including phenoxy) is 1. The van der Waals surface area contributed by atoms with Gasteiger partial charge in [-0.15, -0.1) is 0 Å². The number of allylic oxidation sites excluding steroid dienone is 1. The molecule has 0 radical (unpaired) electrons. The first-order valence-corrected chi connectivity index (χ1v) is 18.0. The molecule has 0 aliphatic rings. The topological polar surface area (TPSA) is 52.6 Å². The molecule has 5 heteroatoms. The first-order chi connectivity index (χ1) is 21.6. The summed E-state index contributed by atoms with van der Waals surface area (Å²) >= 11 is 0. The number of carbonyl (C=O) groups is 1. The Morgan fingerprint density at radius 3 is 1.53 bits per heavy atom. The van der Waals surface area contributed by atoms with E-state index < -0.39 is 0 Å². The fraction of sp³-hybridized carbons (Fsp3) is 0.625. The van der Waals surface area contributed by atoms with Crippen molar-refractivity contribution in [1.29, 1.82) is 0 Å². The molecule has 0 aromatic heterocycles. The SMILES string of the molecule is CCCCCCCCCCCCN(CCCCCCCCCCCC)c1ccc(/C=C/C(=O)c2ccc(OC)cc2[O-])cc1.[Na+]. The summed E-state index contributed by atoms with van der Waals surface area (Å²) in [6.45, 7) is 6.77. The third-order valence-electron chi connectivity index (χ3n) is 8.70. The fourth-order valence-corrected chi connectivity index (χ4v) is 5.84. The molecular weight excluding hydrogens is 565 g/mol. The molecule has 2 aromatic rings. The number of anilines is 1. The molecule has 0 N–H and O–H groups in total. The van der Waals surface area contributed by atoms with E-state index in [-0.39, 0.29) is 46.7 Å². The van der Waals surface area contributed by atoms with E-state index in [4.69, 9.17) is 4.74 Å². The molecule has 0 unspecified atom stereocenters. The second-order valence-electron chi connectivity index (χ2n) is 12.5. The van der Waals surface area contributed by atoms with Gasteiger partial charge >= 0.3 is 29.6 Å². The summed E-state index contributed by atoms with van der Waals surface area (Å²) in [6.07, 6.45) is 30.4. The Balaban J connectivity index is 0.0000101. The number of methoxy groups -OCH3 is 1. The Morgan fingerprint density at radius 1 is 0.667 bits per heavy atom. The fourth-order valence-electron chi connectivity index (χ4n) is 5.84. The summed E-state index contributed by atoms with van der Waals surface area (Å²) < 4.78 is 5.08. The number of benzene rings is 2. The monoisotopic (exact) mass is 627 g/mol. The zero-order valence-corrected chi connectivity index (χ0v) is 31.4. The van der Waals surface area contributed by atoms with E-state index in [1.807, 2.05) is 0 Å². The van der Waals surface area contributed by atoms with Crippen molar-refractivity contribution in [3.63, 3.8) is 0 Å². The van der Waals surface area contributed by atoms with Crippen LogP contribution in [0.4, 0.5) is 5.69 Å². The summed E-state index contributed by atoms with van der Waals surface area (Å²) in [5.74, 6) is -0.138. The van der Waals surface area contributed by atoms with E-state index in [0.717, 1.165) is 18.7 Å². The minimum atomic E-state index is -0.316. The van der Waals surface area contributed by atoms with Crippen LogP contribution in [0.2, 0.25) is 0 Å². The van der Waals surface area contributed by atoms with Crippen LogP contribution in [-0.2, 0) is 0 Å². The van der Waals surface area contributed by atoms with Crippen molar-refractivity contribution in [2.75, 3.05) is 25.1 Å². The molecule has 0 amide bonds. The van der Waals surface area contributed by atoms with Gasteiger partial charge in [0, 0.05) is 24.3 Å². The van der Waals surface area contributed by atoms with Gasteiger partial charge in [-0.25, -0.2) is 0 Å². The predicted octanol–water partition coefficient (Wildman–Crippen LogP) is 8.32. The molecule has 0 spiro atoms. The van der Waals surface area contributed by atoms with Crippen LogP contribution < -0.4 is 44.3 Å². The molecule has 0 aliphatic carbocycles. The number of carbonyl (C=O) groups excluding carboxylic acids is 1. The Kier molecular flexibility index (Phi) is 25.1. The van der Waals surface area contributed by atoms with E-state index in [9.17, 15) is 9.90 Å². The molecule has 2 rings (SSSR count). The summed E-state index contributed by atoms with van der Waals surface area (Å²) in [6, 6.07) is 13.1. The minimum Gasteiger partial charge on any atom is -0.872 e. The van der Waals surface area contributed by atoms with Crippen molar-refractivity contribution >= 4 is 17.5 Å². The molecule has 0 atom stereocenters. The third kappa shape index (κ3) is 18.9. The first kappa shape index (κ1) is 41.3. The Hall–Kier alpha value is -1.75. The van der Waals surface area contributed by atoms with Crippen molar-refractivity contribution in [1.82, 2.24) is 0 Å². The van der Waals surface area contributed by atoms with Gasteiger partial charge in [-0.1, -0.05) is 153 Å². The van der Waals surface area contributed by atoms with Gasteiger partial charge in [0.25, 0.3) is 0 Å². The van der Waals surface area contributed by atoms with E-state index in [2.05, 4.69) is 43.0 Å². The van der Waals surface area contributed by atoms with Gasteiger partial charge in [0.2, 0.25) is 0 Å². The van der Waals surface area contributed by atoms with Crippen LogP contribution in [-0.4, -0.2) is 26.0 Å². The first-order valence-electron chi connectivity index (χ1n) is 18.0. The van der Waals surface area contributed by atoms with E-state index in [1.54, 1.807) is 12.1 Å². The zero-order valence-electron chi connectivity index (χ0n) is 29.4. The van der Waals surface area contributed by atoms with Crippen molar-refractivity contribution in [3.8, 4) is 11.5 Å². The zero-order chi connectivity index (χ0) is 31.7. The van der Waals surface area contributed by atoms with E-state index in [1.165, 1.54) is 159 Å². The number of hydrogen-bond donors (Lipinski definition) is 0. The van der Waals surface area contributed by atoms with Gasteiger partial charge in [-0.3, -0.25) is 4.79 Å². The van der Waals surface area contributed by atoms with Crippen LogP contribution >= 0.6 is 0 Å². The maximum atomic E-state index is 12.6. The molecule has 0 saturated carbocycles. The smallest absolute Gasteiger partial charge is 0.872 e. The van der Waals surface area contributed by atoms with Gasteiger partial charge in [0.1, 0.15) is 5.75 Å². The van der Waals surface area contributed by atoms with Gasteiger partial charge in [0.05, 0.1) is 7.11 Å². The molecule has 246 valence electrons. The largest absolute Gasteiger partial charge is 1.00 e. The molecule has 0 saturated heterocycles. The van der Waals surface area contributed by atoms with Crippen molar-refractivity contribution in [2.24, 2.45) is 0 Å². The molecule has 0 heterocycles. The Morgan fingerprint density at radius 2 is 1.11 bits per heavy atom. The number of rotatable bonds is 27. The van der Waals surface area contributed by atoms with Crippen molar-refractivity contribution in [2.45, 2.75) is 142 Å². The van der Waals surface area contributed by atoms with Crippen molar-refractivity contribution < 1.29 is 44.2 Å². The van der Waals surface area contributed by atoms with E-state index in [0.29, 0.717) is 5.75 Å². The standard InChI is InChI=1S/C40H63NO3.Na/c1-4-6-8-10-12-14-16-18-20-22-32-41(33-23-21-19-17-15-13-11-9-7-5-2)36-27-24-35(25-28-36)26-31-39(42)38-30-29-37(44-3)34-40(38)43;/h24-31,34,43H,4-23,32-33H2,1-3H3;/q;+1/p-1/b31-26+;. The van der Waals surface area contributed by atoms with E-state index >= 15 is 0 Å². The van der Waals surface area contributed by atoms with Crippen molar-refractivity contribution in [3.05, 3.63) is 59.7 Å². The molecule has 0 aliphatic heterocycles. The molecule has 2 aromatic carbocycles. The van der Waals surface area contributed by atoms with Crippen LogP contribution in [0.5, 0.6) is 11.5 Å². The normalized spacial score (nSPS) is 11.1. The van der Waals surface area contributed by atoms with Crippen LogP contribution in [0.3, 0.4) is 0 Å². The van der Waals surface area contributed by atoms with Gasteiger partial charge in [-0.05, 0) is 54.8 Å². The summed E-state index contributed by atoms with van der Waals surface area (Å²) in [4.78, 5) is 15.2. The second kappa shape index (κ2) is 27.4. The molecule has 0 bridgehead atoms. The van der Waals surface area contributed by atoms with Crippen LogP contribution in [0.15, 0.2) is 48.5 Å². The number of hydrogen-bond acceptors (Lipinski definition) is 4. The predicted molar refractivity (Wildman–Crippen MR) is 188 cm³/mol. The molecule has 4 nitrogen and oxygen atoms in total. The second-order valence-corrected chi connectivity index (χ2v) is 12.5. The summed E-state index contributed by atoms with van der Waals surface area (Å²) in [7, 11) is 1.51. The number of unbranched alkanes of at least 4 members (excludes halogenated alkanes) is 18. The number of ketones is 1. The molecular formula is C40H62NNaO3. The van der Waals surface area contributed by atoms with Gasteiger partial charge in [-0.2, -0.15) is 0 Å². The summed E-state index contributed by atoms with van der Waals surface area (Å²) in [5.41, 5.74) is 2.39. The Labute approximate surface area is 298 Å². The quantitative estimate of drug-likeness (QED) is 0.0433. The van der Waals surface area contributed by atoms with Crippen LogP contribution in [0.25, 0.3) is 6.08 Å². The maximum Gasteiger partial charge on any atom is 1.00 e. The van der Waals surface area contributed by atoms with Crippen LogP contribution in [0, 0.1) is 0 Å². The van der Waals surface area contributed by atoms with Crippen LogP contribution in [0.1, 0.15) is 158 Å². The summed E-state index contributed by atoms with van der Waals surface area (Å²) in [5, 5.41) is 12.2. The molecule has 45 heavy (non-hydrogen) atoms. The average molecular weight is 628 g/mol. The number of nitrogens with zero attached hydrogens (tertiary/aromatic N) is 1. The average Bonchev–Trinajstić information content (AvgIpc) is 3.04. The maximum absolute atomic E-state index is 12.6. The molecule has 0 fully saturated rings. The third-order valence-corrected chi connectivity index (χ3v) is 8.70. The van der Waals surface area contributed by atoms with Gasteiger partial charge in [0.15, 0.2) is 5.78 Å².